The predicted molar refractivity (Wildman–Crippen MR) is 72.4 cm³/mol. The fourth-order valence-electron chi connectivity index (χ4n) is 2.17. The van der Waals surface area contributed by atoms with Gasteiger partial charge in [0.05, 0.1) is 5.02 Å². The van der Waals surface area contributed by atoms with E-state index in [1.807, 2.05) is 17.8 Å². The van der Waals surface area contributed by atoms with E-state index in [0.29, 0.717) is 11.3 Å². The summed E-state index contributed by atoms with van der Waals surface area (Å²) in [5.41, 5.74) is 1.39. The van der Waals surface area contributed by atoms with Crippen LogP contribution in [-0.2, 0) is 0 Å². The van der Waals surface area contributed by atoms with Crippen molar-refractivity contribution in [3.05, 3.63) is 28.8 Å². The van der Waals surface area contributed by atoms with Gasteiger partial charge in [-0.3, -0.25) is 0 Å². The van der Waals surface area contributed by atoms with Crippen LogP contribution in [0.5, 0.6) is 0 Å². The SMILES string of the molecule is CCCNC1c2cccc(Cl)c2SC1CC. The molecule has 2 rings (SSSR count). The summed E-state index contributed by atoms with van der Waals surface area (Å²) in [5.74, 6) is 0. The van der Waals surface area contributed by atoms with Crippen molar-refractivity contribution in [3.8, 4) is 0 Å². The number of nitrogens with one attached hydrogen (secondary N) is 1. The molecule has 1 aliphatic rings. The van der Waals surface area contributed by atoms with Crippen molar-refractivity contribution in [1.82, 2.24) is 5.32 Å². The maximum Gasteiger partial charge on any atom is 0.0545 e. The number of halogens is 1. The van der Waals surface area contributed by atoms with Crippen LogP contribution in [0.15, 0.2) is 23.1 Å². The van der Waals surface area contributed by atoms with E-state index >= 15 is 0 Å². The lowest BCUT2D eigenvalue weighted by Crippen LogP contribution is -2.27. The first-order valence-corrected chi connectivity index (χ1v) is 7.22. The summed E-state index contributed by atoms with van der Waals surface area (Å²) in [6, 6.07) is 6.73. The highest BCUT2D eigenvalue weighted by Crippen LogP contribution is 2.48. The van der Waals surface area contributed by atoms with Gasteiger partial charge in [-0.2, -0.15) is 0 Å². The Morgan fingerprint density at radius 1 is 1.38 bits per heavy atom. The van der Waals surface area contributed by atoms with Crippen molar-refractivity contribution in [2.24, 2.45) is 0 Å². The van der Waals surface area contributed by atoms with Gasteiger partial charge in [-0.1, -0.05) is 37.6 Å². The molecule has 88 valence electrons. The molecular weight excluding hydrogens is 238 g/mol. The van der Waals surface area contributed by atoms with Crippen molar-refractivity contribution < 1.29 is 0 Å². The maximum atomic E-state index is 6.24. The van der Waals surface area contributed by atoms with Crippen LogP contribution in [-0.4, -0.2) is 11.8 Å². The van der Waals surface area contributed by atoms with Crippen LogP contribution in [0.4, 0.5) is 0 Å². The van der Waals surface area contributed by atoms with E-state index in [1.54, 1.807) is 0 Å². The third-order valence-electron chi connectivity index (χ3n) is 2.99. The lowest BCUT2D eigenvalue weighted by molar-refractivity contribution is 0.510. The smallest absolute Gasteiger partial charge is 0.0545 e. The zero-order chi connectivity index (χ0) is 11.5. The van der Waals surface area contributed by atoms with Crippen LogP contribution >= 0.6 is 23.4 Å². The number of hydrogen-bond acceptors (Lipinski definition) is 2. The van der Waals surface area contributed by atoms with Gasteiger partial charge in [0, 0.05) is 16.2 Å². The number of fused-ring (bicyclic) bond motifs is 1. The molecule has 1 heterocycles. The Hall–Kier alpha value is -0.180. The van der Waals surface area contributed by atoms with E-state index in [9.17, 15) is 0 Å². The zero-order valence-corrected chi connectivity index (χ0v) is 11.4. The summed E-state index contributed by atoms with van der Waals surface area (Å²) in [5, 5.41) is 5.17. The van der Waals surface area contributed by atoms with Gasteiger partial charge in [0.25, 0.3) is 0 Å². The average molecular weight is 256 g/mol. The second-order valence-electron chi connectivity index (χ2n) is 4.15. The van der Waals surface area contributed by atoms with Crippen LogP contribution < -0.4 is 5.32 Å². The van der Waals surface area contributed by atoms with Gasteiger partial charge in [0.1, 0.15) is 0 Å². The molecule has 0 radical (unpaired) electrons. The Morgan fingerprint density at radius 3 is 2.88 bits per heavy atom. The summed E-state index contributed by atoms with van der Waals surface area (Å²) < 4.78 is 0. The lowest BCUT2D eigenvalue weighted by atomic mass is 10.0. The molecule has 1 aromatic carbocycles. The minimum atomic E-state index is 0.476. The molecule has 0 aromatic heterocycles. The molecule has 1 aliphatic heterocycles. The third kappa shape index (κ3) is 2.24. The Balaban J connectivity index is 2.26. The summed E-state index contributed by atoms with van der Waals surface area (Å²) in [4.78, 5) is 1.28. The van der Waals surface area contributed by atoms with Gasteiger partial charge in [0.2, 0.25) is 0 Å². The topological polar surface area (TPSA) is 12.0 Å². The molecule has 0 saturated carbocycles. The highest BCUT2D eigenvalue weighted by atomic mass is 35.5. The van der Waals surface area contributed by atoms with Crippen LogP contribution in [0.25, 0.3) is 0 Å². The maximum absolute atomic E-state index is 6.24. The van der Waals surface area contributed by atoms with Gasteiger partial charge in [-0.05, 0) is 31.0 Å². The quantitative estimate of drug-likeness (QED) is 0.863. The molecule has 0 amide bonds. The molecule has 1 N–H and O–H groups in total. The normalized spacial score (nSPS) is 23.4. The van der Waals surface area contributed by atoms with Gasteiger partial charge in [-0.15, -0.1) is 11.8 Å². The van der Waals surface area contributed by atoms with E-state index in [-0.39, 0.29) is 0 Å². The van der Waals surface area contributed by atoms with Crippen LogP contribution in [0.3, 0.4) is 0 Å². The molecule has 2 atom stereocenters. The van der Waals surface area contributed by atoms with E-state index in [0.717, 1.165) is 11.6 Å². The van der Waals surface area contributed by atoms with E-state index < -0.39 is 0 Å². The van der Waals surface area contributed by atoms with Crippen molar-refractivity contribution in [3.63, 3.8) is 0 Å². The Labute approximate surface area is 107 Å². The molecule has 1 nitrogen and oxygen atoms in total. The minimum absolute atomic E-state index is 0.476. The molecular formula is C13H18ClNS. The van der Waals surface area contributed by atoms with Gasteiger partial charge in [-0.25, -0.2) is 0 Å². The molecule has 0 saturated heterocycles. The summed E-state index contributed by atoms with van der Waals surface area (Å²) in [6.07, 6.45) is 2.35. The average Bonchev–Trinajstić information content (AvgIpc) is 2.66. The van der Waals surface area contributed by atoms with Crippen molar-refractivity contribution >= 4 is 23.4 Å². The lowest BCUT2D eigenvalue weighted by Gasteiger charge is -2.19. The standard InChI is InChI=1S/C13H18ClNS/c1-3-8-15-12-9-6-5-7-10(14)13(9)16-11(12)4-2/h5-7,11-12,15H,3-4,8H2,1-2H3. The minimum Gasteiger partial charge on any atom is -0.309 e. The molecule has 2 unspecified atom stereocenters. The third-order valence-corrected chi connectivity index (χ3v) is 5.02. The number of thioether (sulfide) groups is 1. The first-order valence-electron chi connectivity index (χ1n) is 5.96. The van der Waals surface area contributed by atoms with Gasteiger partial charge in [0.15, 0.2) is 0 Å². The number of rotatable bonds is 4. The molecule has 0 spiro atoms. The van der Waals surface area contributed by atoms with Crippen LogP contribution in [0.2, 0.25) is 5.02 Å². The summed E-state index contributed by atoms with van der Waals surface area (Å²) in [7, 11) is 0. The molecule has 0 fully saturated rings. The summed E-state index contributed by atoms with van der Waals surface area (Å²) in [6.45, 7) is 5.53. The fourth-order valence-corrected chi connectivity index (χ4v) is 3.85. The highest BCUT2D eigenvalue weighted by Gasteiger charge is 2.32. The zero-order valence-electron chi connectivity index (χ0n) is 9.79. The van der Waals surface area contributed by atoms with E-state index in [2.05, 4.69) is 31.3 Å². The predicted octanol–water partition coefficient (Wildman–Crippen LogP) is 4.27. The molecule has 1 aromatic rings. The number of hydrogen-bond donors (Lipinski definition) is 1. The van der Waals surface area contributed by atoms with Gasteiger partial charge < -0.3 is 5.32 Å². The van der Waals surface area contributed by atoms with E-state index in [4.69, 9.17) is 11.6 Å². The fraction of sp³-hybridized carbons (Fsp3) is 0.538. The van der Waals surface area contributed by atoms with Crippen molar-refractivity contribution in [2.75, 3.05) is 6.54 Å². The second kappa shape index (κ2) is 5.44. The van der Waals surface area contributed by atoms with E-state index in [1.165, 1.54) is 23.3 Å². The molecule has 0 aliphatic carbocycles. The second-order valence-corrected chi connectivity index (χ2v) is 5.81. The Kier molecular flexibility index (Phi) is 4.17. The Bertz CT molecular complexity index is 367. The molecule has 16 heavy (non-hydrogen) atoms. The monoisotopic (exact) mass is 255 g/mol. The van der Waals surface area contributed by atoms with Crippen molar-refractivity contribution in [1.29, 1.82) is 0 Å². The Morgan fingerprint density at radius 2 is 2.19 bits per heavy atom. The largest absolute Gasteiger partial charge is 0.309 e. The van der Waals surface area contributed by atoms with Crippen LogP contribution in [0.1, 0.15) is 38.3 Å². The highest BCUT2D eigenvalue weighted by molar-refractivity contribution is 8.00. The first kappa shape index (κ1) is 12.3. The molecule has 0 bridgehead atoms. The van der Waals surface area contributed by atoms with Crippen molar-refractivity contribution in [2.45, 2.75) is 42.9 Å². The van der Waals surface area contributed by atoms with Crippen LogP contribution in [0, 0.1) is 0 Å². The van der Waals surface area contributed by atoms with Gasteiger partial charge >= 0.3 is 0 Å². The summed E-state index contributed by atoms with van der Waals surface area (Å²) >= 11 is 8.17. The first-order chi connectivity index (χ1) is 7.77. The number of benzene rings is 1. The molecule has 3 heteroatoms.